The fourth-order valence-electron chi connectivity index (χ4n) is 2.70. The van der Waals surface area contributed by atoms with Gasteiger partial charge in [0.05, 0.1) is 13.1 Å². The summed E-state index contributed by atoms with van der Waals surface area (Å²) < 4.78 is 11.0. The molecule has 4 nitrogen and oxygen atoms in total. The summed E-state index contributed by atoms with van der Waals surface area (Å²) in [6.07, 6.45) is 0.775. The van der Waals surface area contributed by atoms with Crippen LogP contribution < -0.4 is 9.64 Å². The van der Waals surface area contributed by atoms with Gasteiger partial charge in [0.25, 0.3) is 0 Å². The first-order valence-electron chi connectivity index (χ1n) is 8.96. The SMILES string of the molecule is CC[NH+](CC)CCOC(=O)COc1ccccc1Cc1ccccc1. The summed E-state index contributed by atoms with van der Waals surface area (Å²) in [6.45, 7) is 7.56. The number of nitrogens with one attached hydrogen (secondary N) is 1. The van der Waals surface area contributed by atoms with Crippen LogP contribution in [0.4, 0.5) is 0 Å². The van der Waals surface area contributed by atoms with E-state index < -0.39 is 0 Å². The van der Waals surface area contributed by atoms with Crippen molar-refractivity contribution in [2.75, 3.05) is 32.8 Å². The van der Waals surface area contributed by atoms with E-state index in [4.69, 9.17) is 9.47 Å². The molecule has 0 saturated carbocycles. The maximum Gasteiger partial charge on any atom is 0.344 e. The lowest BCUT2D eigenvalue weighted by atomic mass is 10.0. The van der Waals surface area contributed by atoms with E-state index >= 15 is 0 Å². The van der Waals surface area contributed by atoms with Gasteiger partial charge in [-0.25, -0.2) is 4.79 Å². The number of hydrogen-bond acceptors (Lipinski definition) is 3. The zero-order valence-corrected chi connectivity index (χ0v) is 15.2. The quantitative estimate of drug-likeness (QED) is 0.673. The Balaban J connectivity index is 1.83. The first-order valence-corrected chi connectivity index (χ1v) is 8.96. The minimum absolute atomic E-state index is 0.0562. The van der Waals surface area contributed by atoms with Crippen LogP contribution in [0, 0.1) is 0 Å². The van der Waals surface area contributed by atoms with E-state index in [0.717, 1.165) is 37.4 Å². The number of benzene rings is 2. The molecule has 134 valence electrons. The molecule has 0 fully saturated rings. The number of hydrogen-bond donors (Lipinski definition) is 1. The Kier molecular flexibility index (Phi) is 7.99. The van der Waals surface area contributed by atoms with Gasteiger partial charge in [-0.05, 0) is 31.0 Å². The van der Waals surface area contributed by atoms with Crippen molar-refractivity contribution in [2.45, 2.75) is 20.3 Å². The minimum atomic E-state index is -0.318. The normalized spacial score (nSPS) is 10.7. The second-order valence-corrected chi connectivity index (χ2v) is 5.99. The lowest BCUT2D eigenvalue weighted by molar-refractivity contribution is -0.896. The molecule has 1 N–H and O–H groups in total. The molecule has 0 spiro atoms. The molecule has 0 aliphatic carbocycles. The third-order valence-corrected chi connectivity index (χ3v) is 4.27. The molecular formula is C21H28NO3+. The van der Waals surface area contributed by atoms with Crippen molar-refractivity contribution in [3.63, 3.8) is 0 Å². The zero-order chi connectivity index (χ0) is 17.9. The van der Waals surface area contributed by atoms with E-state index in [2.05, 4.69) is 26.0 Å². The number of para-hydroxylation sites is 1. The summed E-state index contributed by atoms with van der Waals surface area (Å²) in [7, 11) is 0. The largest absolute Gasteiger partial charge is 0.482 e. The molecule has 2 rings (SSSR count). The van der Waals surface area contributed by atoms with Gasteiger partial charge in [0.15, 0.2) is 6.61 Å². The Morgan fingerprint density at radius 2 is 1.64 bits per heavy atom. The number of esters is 1. The molecule has 0 unspecified atom stereocenters. The van der Waals surface area contributed by atoms with Crippen LogP contribution in [0.25, 0.3) is 0 Å². The summed E-state index contributed by atoms with van der Waals surface area (Å²) in [4.78, 5) is 13.3. The standard InChI is InChI=1S/C21H27NO3/c1-3-22(4-2)14-15-24-21(23)17-25-20-13-9-8-12-19(20)16-18-10-6-5-7-11-18/h5-13H,3-4,14-17H2,1-2H3/p+1. The fraction of sp³-hybridized carbons (Fsp3) is 0.381. The highest BCUT2D eigenvalue weighted by Crippen LogP contribution is 2.21. The molecule has 4 heteroatoms. The number of quaternary nitrogens is 1. The molecule has 0 atom stereocenters. The van der Waals surface area contributed by atoms with Crippen LogP contribution in [-0.4, -0.2) is 38.8 Å². The third kappa shape index (κ3) is 6.59. The molecule has 25 heavy (non-hydrogen) atoms. The maximum absolute atomic E-state index is 11.9. The van der Waals surface area contributed by atoms with Crippen molar-refractivity contribution < 1.29 is 19.2 Å². The van der Waals surface area contributed by atoms with Gasteiger partial charge in [-0.2, -0.15) is 0 Å². The highest BCUT2D eigenvalue weighted by Gasteiger charge is 2.10. The van der Waals surface area contributed by atoms with Gasteiger partial charge in [0.2, 0.25) is 0 Å². The lowest BCUT2D eigenvalue weighted by Crippen LogP contribution is -3.11. The van der Waals surface area contributed by atoms with Gasteiger partial charge < -0.3 is 14.4 Å². The first kappa shape index (κ1) is 19.0. The molecule has 0 heterocycles. The van der Waals surface area contributed by atoms with Gasteiger partial charge in [0.1, 0.15) is 18.9 Å². The predicted octanol–water partition coefficient (Wildman–Crippen LogP) is 2.12. The monoisotopic (exact) mass is 342 g/mol. The Bertz CT molecular complexity index is 639. The second kappa shape index (κ2) is 10.5. The number of carbonyl (C=O) groups excluding carboxylic acids is 1. The van der Waals surface area contributed by atoms with Crippen molar-refractivity contribution >= 4 is 5.97 Å². The topological polar surface area (TPSA) is 40.0 Å². The number of likely N-dealkylation sites (N-methyl/N-ethyl adjacent to an activating group) is 1. The van der Waals surface area contributed by atoms with Gasteiger partial charge in [-0.1, -0.05) is 48.5 Å². The van der Waals surface area contributed by atoms with Crippen LogP contribution in [0.2, 0.25) is 0 Å². The molecule has 0 aliphatic heterocycles. The van der Waals surface area contributed by atoms with Crippen molar-refractivity contribution in [2.24, 2.45) is 0 Å². The highest BCUT2D eigenvalue weighted by atomic mass is 16.6. The summed E-state index contributed by atoms with van der Waals surface area (Å²) in [6, 6.07) is 18.0. The van der Waals surface area contributed by atoms with Crippen LogP contribution in [-0.2, 0) is 16.0 Å². The summed E-state index contributed by atoms with van der Waals surface area (Å²) in [5, 5.41) is 0. The van der Waals surface area contributed by atoms with Crippen LogP contribution in [0.5, 0.6) is 5.75 Å². The lowest BCUT2D eigenvalue weighted by Gasteiger charge is -2.15. The minimum Gasteiger partial charge on any atom is -0.482 e. The van der Waals surface area contributed by atoms with E-state index in [9.17, 15) is 4.79 Å². The van der Waals surface area contributed by atoms with Gasteiger partial charge in [0, 0.05) is 6.42 Å². The molecule has 0 aromatic heterocycles. The van der Waals surface area contributed by atoms with Crippen LogP contribution in [0.15, 0.2) is 54.6 Å². The van der Waals surface area contributed by atoms with Crippen molar-refractivity contribution in [3.8, 4) is 5.75 Å². The first-order chi connectivity index (χ1) is 12.2. The third-order valence-electron chi connectivity index (χ3n) is 4.27. The molecule has 0 amide bonds. The van der Waals surface area contributed by atoms with Crippen LogP contribution >= 0.6 is 0 Å². The van der Waals surface area contributed by atoms with E-state index in [0.29, 0.717) is 6.61 Å². The average Bonchev–Trinajstić information content (AvgIpc) is 2.65. The maximum atomic E-state index is 11.9. The molecule has 2 aromatic rings. The molecule has 0 bridgehead atoms. The van der Waals surface area contributed by atoms with Gasteiger partial charge >= 0.3 is 5.97 Å². The van der Waals surface area contributed by atoms with Crippen LogP contribution in [0.1, 0.15) is 25.0 Å². The summed E-state index contributed by atoms with van der Waals surface area (Å²) in [5.41, 5.74) is 2.28. The van der Waals surface area contributed by atoms with E-state index in [1.165, 1.54) is 10.5 Å². The van der Waals surface area contributed by atoms with Crippen LogP contribution in [0.3, 0.4) is 0 Å². The number of rotatable bonds is 10. The highest BCUT2D eigenvalue weighted by molar-refractivity contribution is 5.71. The summed E-state index contributed by atoms with van der Waals surface area (Å²) >= 11 is 0. The van der Waals surface area contributed by atoms with Crippen molar-refractivity contribution in [3.05, 3.63) is 65.7 Å². The summed E-state index contributed by atoms with van der Waals surface area (Å²) in [5.74, 6) is 0.416. The van der Waals surface area contributed by atoms with Gasteiger partial charge in [-0.3, -0.25) is 0 Å². The van der Waals surface area contributed by atoms with Crippen molar-refractivity contribution in [1.29, 1.82) is 0 Å². The van der Waals surface area contributed by atoms with E-state index in [-0.39, 0.29) is 12.6 Å². The Hall–Kier alpha value is -2.33. The van der Waals surface area contributed by atoms with E-state index in [1.54, 1.807) is 0 Å². The predicted molar refractivity (Wildman–Crippen MR) is 99.1 cm³/mol. The number of ether oxygens (including phenoxy) is 2. The molecular weight excluding hydrogens is 314 g/mol. The zero-order valence-electron chi connectivity index (χ0n) is 15.2. The second-order valence-electron chi connectivity index (χ2n) is 5.99. The van der Waals surface area contributed by atoms with E-state index in [1.807, 2.05) is 42.5 Å². The number of carbonyl (C=O) groups is 1. The van der Waals surface area contributed by atoms with Gasteiger partial charge in [-0.15, -0.1) is 0 Å². The van der Waals surface area contributed by atoms with Crippen molar-refractivity contribution in [1.82, 2.24) is 0 Å². The Morgan fingerprint density at radius 1 is 0.960 bits per heavy atom. The fourth-order valence-corrected chi connectivity index (χ4v) is 2.70. The average molecular weight is 342 g/mol. The molecule has 0 saturated heterocycles. The molecule has 2 aromatic carbocycles. The smallest absolute Gasteiger partial charge is 0.344 e. The Morgan fingerprint density at radius 3 is 2.36 bits per heavy atom. The molecule has 0 aliphatic rings. The Labute approximate surface area is 150 Å². The molecule has 0 radical (unpaired) electrons.